The van der Waals surface area contributed by atoms with Gasteiger partial charge >= 0.3 is 0 Å². The molecule has 0 atom stereocenters. The third kappa shape index (κ3) is 4.20. The number of halogens is 1. The molecule has 112 valence electrons. The fourth-order valence-corrected chi connectivity index (χ4v) is 1.93. The Hall–Kier alpha value is -2.59. The Morgan fingerprint density at radius 3 is 2.41 bits per heavy atom. The number of carbonyl (C=O) groups is 2. The largest absolute Gasteiger partial charge is 0.398 e. The summed E-state index contributed by atoms with van der Waals surface area (Å²) in [5.41, 5.74) is 8.16. The van der Waals surface area contributed by atoms with E-state index in [4.69, 9.17) is 17.3 Å². The zero-order valence-corrected chi connectivity index (χ0v) is 12.7. The van der Waals surface area contributed by atoms with Crippen LogP contribution in [-0.2, 0) is 4.79 Å². The van der Waals surface area contributed by atoms with E-state index in [0.717, 1.165) is 5.56 Å². The van der Waals surface area contributed by atoms with Crippen molar-refractivity contribution in [2.24, 2.45) is 0 Å². The van der Waals surface area contributed by atoms with Gasteiger partial charge in [0.2, 0.25) is 5.91 Å². The van der Waals surface area contributed by atoms with Crippen LogP contribution in [0.4, 0.5) is 11.4 Å². The Balaban J connectivity index is 2.01. The molecule has 0 fully saturated rings. The number of benzene rings is 2. The summed E-state index contributed by atoms with van der Waals surface area (Å²) in [6.45, 7) is 1.49. The van der Waals surface area contributed by atoms with Crippen molar-refractivity contribution in [3.05, 3.63) is 64.7 Å². The number of amides is 1. The average molecular weight is 315 g/mol. The molecule has 0 saturated heterocycles. The molecule has 1 amide bonds. The van der Waals surface area contributed by atoms with Gasteiger partial charge in [0.25, 0.3) is 0 Å². The molecule has 2 rings (SSSR count). The van der Waals surface area contributed by atoms with Crippen LogP contribution in [0.25, 0.3) is 6.08 Å². The second kappa shape index (κ2) is 6.91. The van der Waals surface area contributed by atoms with E-state index in [1.807, 2.05) is 0 Å². The van der Waals surface area contributed by atoms with E-state index in [-0.39, 0.29) is 11.7 Å². The molecule has 0 aliphatic carbocycles. The molecule has 0 bridgehead atoms. The number of hydrogen-bond acceptors (Lipinski definition) is 3. The third-order valence-electron chi connectivity index (χ3n) is 3.01. The maximum absolute atomic E-state index is 11.8. The van der Waals surface area contributed by atoms with E-state index in [1.54, 1.807) is 48.5 Å². The minimum Gasteiger partial charge on any atom is -0.398 e. The van der Waals surface area contributed by atoms with E-state index in [9.17, 15) is 9.59 Å². The molecule has 2 aromatic rings. The lowest BCUT2D eigenvalue weighted by Crippen LogP contribution is -2.07. The molecule has 2 aromatic carbocycles. The van der Waals surface area contributed by atoms with Crippen molar-refractivity contribution in [3.8, 4) is 0 Å². The van der Waals surface area contributed by atoms with Crippen LogP contribution >= 0.6 is 11.6 Å². The Kier molecular flexibility index (Phi) is 4.96. The lowest BCUT2D eigenvalue weighted by atomic mass is 10.1. The molecule has 0 saturated carbocycles. The van der Waals surface area contributed by atoms with Gasteiger partial charge in [-0.15, -0.1) is 0 Å². The third-order valence-corrected chi connectivity index (χ3v) is 3.35. The number of nitrogens with one attached hydrogen (secondary N) is 1. The lowest BCUT2D eigenvalue weighted by Gasteiger charge is -2.03. The molecule has 0 heterocycles. The summed E-state index contributed by atoms with van der Waals surface area (Å²) in [4.78, 5) is 23.0. The van der Waals surface area contributed by atoms with Crippen molar-refractivity contribution >= 4 is 40.7 Å². The minimum atomic E-state index is -0.274. The summed E-state index contributed by atoms with van der Waals surface area (Å²) in [6.07, 6.45) is 3.05. The van der Waals surface area contributed by atoms with Gasteiger partial charge in [0, 0.05) is 17.3 Å². The summed E-state index contributed by atoms with van der Waals surface area (Å²) in [5.74, 6) is -0.290. The van der Waals surface area contributed by atoms with Gasteiger partial charge in [-0.25, -0.2) is 0 Å². The number of nitrogen functional groups attached to an aromatic ring is 1. The summed E-state index contributed by atoms with van der Waals surface area (Å²) < 4.78 is 0. The molecule has 0 aliphatic rings. The van der Waals surface area contributed by atoms with Crippen LogP contribution in [0.2, 0.25) is 5.02 Å². The van der Waals surface area contributed by atoms with Crippen LogP contribution in [0.5, 0.6) is 0 Å². The molecule has 22 heavy (non-hydrogen) atoms. The highest BCUT2D eigenvalue weighted by Crippen LogP contribution is 2.20. The first-order valence-corrected chi connectivity index (χ1v) is 6.98. The van der Waals surface area contributed by atoms with E-state index in [2.05, 4.69) is 5.32 Å². The fraction of sp³-hybridized carbons (Fsp3) is 0.0588. The number of ketones is 1. The SMILES string of the molecule is CC(=O)c1ccc(NC(=O)/C=C/c2ccc(Cl)c(N)c2)cc1. The predicted octanol–water partition coefficient (Wildman–Crippen LogP) is 3.78. The molecule has 0 radical (unpaired) electrons. The highest BCUT2D eigenvalue weighted by atomic mass is 35.5. The van der Waals surface area contributed by atoms with E-state index < -0.39 is 0 Å². The Morgan fingerprint density at radius 2 is 1.82 bits per heavy atom. The normalized spacial score (nSPS) is 10.6. The Morgan fingerprint density at radius 1 is 1.14 bits per heavy atom. The van der Waals surface area contributed by atoms with Gasteiger partial charge in [-0.3, -0.25) is 9.59 Å². The standard InChI is InChI=1S/C17H15ClN2O2/c1-11(21)13-4-6-14(7-5-13)20-17(22)9-3-12-2-8-15(18)16(19)10-12/h2-10H,19H2,1H3,(H,20,22)/b9-3+. The van der Waals surface area contributed by atoms with Gasteiger partial charge in [0.05, 0.1) is 10.7 Å². The molecule has 5 heteroatoms. The number of nitrogens with two attached hydrogens (primary N) is 1. The highest BCUT2D eigenvalue weighted by molar-refractivity contribution is 6.33. The van der Waals surface area contributed by atoms with Crippen LogP contribution in [0.3, 0.4) is 0 Å². The van der Waals surface area contributed by atoms with E-state index in [1.165, 1.54) is 13.0 Å². The fourth-order valence-electron chi connectivity index (χ4n) is 1.81. The molecule has 0 aliphatic heterocycles. The first kappa shape index (κ1) is 15.8. The molecular formula is C17H15ClN2O2. The van der Waals surface area contributed by atoms with Gasteiger partial charge in [-0.05, 0) is 55.0 Å². The van der Waals surface area contributed by atoms with E-state index in [0.29, 0.717) is 22.0 Å². The summed E-state index contributed by atoms with van der Waals surface area (Å²) in [7, 11) is 0. The maximum atomic E-state index is 11.8. The first-order chi connectivity index (χ1) is 10.5. The quantitative estimate of drug-likeness (QED) is 0.512. The van der Waals surface area contributed by atoms with Crippen LogP contribution in [0.15, 0.2) is 48.5 Å². The van der Waals surface area contributed by atoms with Crippen molar-refractivity contribution in [1.29, 1.82) is 0 Å². The zero-order valence-electron chi connectivity index (χ0n) is 12.0. The molecule has 0 spiro atoms. The van der Waals surface area contributed by atoms with Crippen molar-refractivity contribution in [1.82, 2.24) is 0 Å². The predicted molar refractivity (Wildman–Crippen MR) is 90.0 cm³/mol. The first-order valence-electron chi connectivity index (χ1n) is 6.61. The molecule has 3 N–H and O–H groups in total. The van der Waals surface area contributed by atoms with E-state index >= 15 is 0 Å². The second-order valence-corrected chi connectivity index (χ2v) is 5.14. The van der Waals surface area contributed by atoms with Crippen molar-refractivity contribution in [2.45, 2.75) is 6.92 Å². The number of Topliss-reactive ketones (excluding diaryl/α,β-unsaturated/α-hetero) is 1. The van der Waals surface area contributed by atoms with Gasteiger partial charge in [-0.2, -0.15) is 0 Å². The highest BCUT2D eigenvalue weighted by Gasteiger charge is 2.01. The Bertz CT molecular complexity index is 737. The molecule has 4 nitrogen and oxygen atoms in total. The minimum absolute atomic E-state index is 0.0156. The van der Waals surface area contributed by atoms with Crippen molar-refractivity contribution < 1.29 is 9.59 Å². The van der Waals surface area contributed by atoms with Crippen LogP contribution in [-0.4, -0.2) is 11.7 Å². The van der Waals surface area contributed by atoms with Gasteiger partial charge < -0.3 is 11.1 Å². The average Bonchev–Trinajstić information content (AvgIpc) is 2.49. The van der Waals surface area contributed by atoms with Crippen LogP contribution < -0.4 is 11.1 Å². The van der Waals surface area contributed by atoms with Gasteiger partial charge in [-0.1, -0.05) is 17.7 Å². The monoisotopic (exact) mass is 314 g/mol. The number of carbonyl (C=O) groups excluding carboxylic acids is 2. The number of anilines is 2. The van der Waals surface area contributed by atoms with Gasteiger partial charge in [0.15, 0.2) is 5.78 Å². The summed E-state index contributed by atoms with van der Waals surface area (Å²) in [5, 5.41) is 3.19. The topological polar surface area (TPSA) is 72.2 Å². The molecular weight excluding hydrogens is 300 g/mol. The van der Waals surface area contributed by atoms with Crippen LogP contribution in [0.1, 0.15) is 22.8 Å². The zero-order chi connectivity index (χ0) is 16.1. The maximum Gasteiger partial charge on any atom is 0.248 e. The number of hydrogen-bond donors (Lipinski definition) is 2. The summed E-state index contributed by atoms with van der Waals surface area (Å²) in [6, 6.07) is 11.8. The van der Waals surface area contributed by atoms with Crippen molar-refractivity contribution in [3.63, 3.8) is 0 Å². The number of rotatable bonds is 4. The lowest BCUT2D eigenvalue weighted by molar-refractivity contribution is -0.111. The summed E-state index contributed by atoms with van der Waals surface area (Å²) >= 11 is 5.83. The molecule has 0 aromatic heterocycles. The Labute approximate surface area is 133 Å². The van der Waals surface area contributed by atoms with Crippen molar-refractivity contribution in [2.75, 3.05) is 11.1 Å². The second-order valence-electron chi connectivity index (χ2n) is 4.74. The smallest absolute Gasteiger partial charge is 0.248 e. The molecule has 0 unspecified atom stereocenters. The van der Waals surface area contributed by atoms with Gasteiger partial charge in [0.1, 0.15) is 0 Å². The van der Waals surface area contributed by atoms with Crippen LogP contribution in [0, 0.1) is 0 Å².